The second-order valence-corrected chi connectivity index (χ2v) is 7.96. The minimum atomic E-state index is -3.42. The van der Waals surface area contributed by atoms with Crippen molar-refractivity contribution < 1.29 is 17.9 Å². The molecule has 0 amide bonds. The Morgan fingerprint density at radius 3 is 2.41 bits per heavy atom. The summed E-state index contributed by atoms with van der Waals surface area (Å²) in [6.07, 6.45) is 1.06. The number of benzene rings is 2. The Bertz CT molecular complexity index is 801. The van der Waals surface area contributed by atoms with Gasteiger partial charge in [0.1, 0.15) is 6.61 Å². The summed E-state index contributed by atoms with van der Waals surface area (Å²) in [5, 5.41) is 0.146. The van der Waals surface area contributed by atoms with Crippen molar-refractivity contribution in [3.63, 3.8) is 0 Å². The third-order valence-electron chi connectivity index (χ3n) is 2.87. The van der Waals surface area contributed by atoms with E-state index < -0.39 is 15.8 Å². The molecule has 2 rings (SSSR count). The lowest BCUT2D eigenvalue weighted by Gasteiger charge is -2.08. The maximum absolute atomic E-state index is 12.1. The average molecular weight is 404 g/mol. The molecule has 4 nitrogen and oxygen atoms in total. The second-order valence-electron chi connectivity index (χ2n) is 4.62. The third kappa shape index (κ3) is 4.32. The molecule has 0 heterocycles. The first-order valence-electron chi connectivity index (χ1n) is 6.18. The molecule has 0 saturated heterocycles. The van der Waals surface area contributed by atoms with Crippen LogP contribution in [0.5, 0.6) is 0 Å². The summed E-state index contributed by atoms with van der Waals surface area (Å²) in [7, 11) is -3.42. The summed E-state index contributed by atoms with van der Waals surface area (Å²) < 4.78 is 29.2. The van der Waals surface area contributed by atoms with Crippen LogP contribution in [-0.4, -0.2) is 20.6 Å². The van der Waals surface area contributed by atoms with E-state index in [1.54, 1.807) is 0 Å². The van der Waals surface area contributed by atoms with Gasteiger partial charge in [-0.05, 0) is 35.9 Å². The summed E-state index contributed by atoms with van der Waals surface area (Å²) in [5.41, 5.74) is 0.841. The lowest BCUT2D eigenvalue weighted by atomic mass is 10.2. The van der Waals surface area contributed by atoms with Crippen molar-refractivity contribution in [3.05, 3.63) is 63.1 Å². The van der Waals surface area contributed by atoms with Gasteiger partial charge in [-0.25, -0.2) is 13.2 Å². The number of carbonyl (C=O) groups excluding carboxylic acids is 1. The lowest BCUT2D eigenvalue weighted by Crippen LogP contribution is -2.08. The van der Waals surface area contributed by atoms with Crippen molar-refractivity contribution in [2.24, 2.45) is 0 Å². The Labute approximate surface area is 142 Å². The van der Waals surface area contributed by atoms with Crippen LogP contribution in [0.3, 0.4) is 0 Å². The molecule has 0 fully saturated rings. The van der Waals surface area contributed by atoms with Crippen LogP contribution in [0.15, 0.2) is 51.8 Å². The van der Waals surface area contributed by atoms with Crippen molar-refractivity contribution in [2.75, 3.05) is 6.26 Å². The number of esters is 1. The van der Waals surface area contributed by atoms with E-state index in [4.69, 9.17) is 16.3 Å². The van der Waals surface area contributed by atoms with E-state index in [0.29, 0.717) is 0 Å². The zero-order valence-corrected chi connectivity index (χ0v) is 14.7. The average Bonchev–Trinajstić information content (AvgIpc) is 2.45. The van der Waals surface area contributed by atoms with E-state index in [9.17, 15) is 13.2 Å². The van der Waals surface area contributed by atoms with Gasteiger partial charge in [-0.15, -0.1) is 0 Å². The highest BCUT2D eigenvalue weighted by molar-refractivity contribution is 9.10. The van der Waals surface area contributed by atoms with Crippen molar-refractivity contribution in [1.82, 2.24) is 0 Å². The molecule has 0 unspecified atom stereocenters. The molecule has 0 aromatic heterocycles. The van der Waals surface area contributed by atoms with Crippen molar-refractivity contribution in [3.8, 4) is 0 Å². The largest absolute Gasteiger partial charge is 0.457 e. The van der Waals surface area contributed by atoms with E-state index >= 15 is 0 Å². The number of sulfone groups is 1. The van der Waals surface area contributed by atoms with Gasteiger partial charge < -0.3 is 4.74 Å². The summed E-state index contributed by atoms with van der Waals surface area (Å²) in [4.78, 5) is 12.1. The van der Waals surface area contributed by atoms with Gasteiger partial charge in [0.2, 0.25) is 0 Å². The molecule has 0 spiro atoms. The van der Waals surface area contributed by atoms with Crippen molar-refractivity contribution >= 4 is 43.3 Å². The number of ether oxygens (including phenoxy) is 1. The molecule has 0 bridgehead atoms. The monoisotopic (exact) mass is 402 g/mol. The number of carbonyl (C=O) groups is 1. The van der Waals surface area contributed by atoms with Crippen LogP contribution in [0.4, 0.5) is 0 Å². The standard InChI is InChI=1S/C15H12BrClO4S/c1-22(19,20)12-6-7-14(17)13(8-12)15(18)21-9-10-2-4-11(16)5-3-10/h2-8H,9H2,1H3. The molecule has 116 valence electrons. The van der Waals surface area contributed by atoms with Crippen LogP contribution >= 0.6 is 27.5 Å². The molecule has 0 radical (unpaired) electrons. The predicted molar refractivity (Wildman–Crippen MR) is 87.8 cm³/mol. The van der Waals surface area contributed by atoms with Crippen LogP contribution in [0.2, 0.25) is 5.02 Å². The van der Waals surface area contributed by atoms with Gasteiger partial charge in [-0.2, -0.15) is 0 Å². The van der Waals surface area contributed by atoms with Crippen molar-refractivity contribution in [2.45, 2.75) is 11.5 Å². The van der Waals surface area contributed by atoms with Gasteiger partial charge in [0.05, 0.1) is 15.5 Å². The first-order valence-corrected chi connectivity index (χ1v) is 9.25. The second kappa shape index (κ2) is 6.81. The molecular formula is C15H12BrClO4S. The number of halogens is 2. The predicted octanol–water partition coefficient (Wildman–Crippen LogP) is 3.86. The zero-order valence-electron chi connectivity index (χ0n) is 11.5. The quantitative estimate of drug-likeness (QED) is 0.727. The number of hydrogen-bond acceptors (Lipinski definition) is 4. The zero-order chi connectivity index (χ0) is 16.3. The molecular weight excluding hydrogens is 392 g/mol. The normalized spacial score (nSPS) is 11.2. The lowest BCUT2D eigenvalue weighted by molar-refractivity contribution is 0.0472. The van der Waals surface area contributed by atoms with Crippen LogP contribution in [0.25, 0.3) is 0 Å². The number of hydrogen-bond donors (Lipinski definition) is 0. The van der Waals surface area contributed by atoms with Gasteiger partial charge in [0.15, 0.2) is 9.84 Å². The van der Waals surface area contributed by atoms with Crippen molar-refractivity contribution in [1.29, 1.82) is 0 Å². The topological polar surface area (TPSA) is 60.4 Å². The molecule has 2 aromatic rings. The minimum Gasteiger partial charge on any atom is -0.457 e. The van der Waals surface area contributed by atoms with Gasteiger partial charge in [0, 0.05) is 10.7 Å². The Kier molecular flexibility index (Phi) is 5.26. The number of rotatable bonds is 4. The molecule has 0 aliphatic heterocycles. The third-order valence-corrected chi connectivity index (χ3v) is 4.84. The Hall–Kier alpha value is -1.37. The molecule has 0 atom stereocenters. The highest BCUT2D eigenvalue weighted by Gasteiger charge is 2.16. The Morgan fingerprint density at radius 1 is 1.18 bits per heavy atom. The SMILES string of the molecule is CS(=O)(=O)c1ccc(Cl)c(C(=O)OCc2ccc(Br)cc2)c1. The fourth-order valence-corrected chi connectivity index (χ4v) is 2.80. The van der Waals surface area contributed by atoms with Crippen LogP contribution in [-0.2, 0) is 21.2 Å². The molecule has 0 aliphatic carbocycles. The van der Waals surface area contributed by atoms with Gasteiger partial charge in [-0.1, -0.05) is 39.7 Å². The van der Waals surface area contributed by atoms with E-state index in [-0.39, 0.29) is 22.1 Å². The maximum atomic E-state index is 12.1. The summed E-state index contributed by atoms with van der Waals surface area (Å²) >= 11 is 9.26. The first kappa shape index (κ1) is 17.0. The fourth-order valence-electron chi connectivity index (χ4n) is 1.70. The summed E-state index contributed by atoms with van der Waals surface area (Å²) in [6.45, 7) is 0.0749. The molecule has 0 aliphatic rings. The van der Waals surface area contributed by atoms with Crippen LogP contribution in [0, 0.1) is 0 Å². The highest BCUT2D eigenvalue weighted by Crippen LogP contribution is 2.22. The summed E-state index contributed by atoms with van der Waals surface area (Å²) in [6, 6.07) is 11.2. The Balaban J connectivity index is 2.17. The van der Waals surface area contributed by atoms with Crippen LogP contribution in [0.1, 0.15) is 15.9 Å². The van der Waals surface area contributed by atoms with Crippen LogP contribution < -0.4 is 0 Å². The van der Waals surface area contributed by atoms with Gasteiger partial charge in [-0.3, -0.25) is 0 Å². The molecule has 2 aromatic carbocycles. The van der Waals surface area contributed by atoms with E-state index in [1.165, 1.54) is 18.2 Å². The first-order chi connectivity index (χ1) is 10.3. The van der Waals surface area contributed by atoms with E-state index in [2.05, 4.69) is 15.9 Å². The molecule has 22 heavy (non-hydrogen) atoms. The minimum absolute atomic E-state index is 0.0208. The van der Waals surface area contributed by atoms with Gasteiger partial charge in [0.25, 0.3) is 0 Å². The molecule has 7 heteroatoms. The highest BCUT2D eigenvalue weighted by atomic mass is 79.9. The smallest absolute Gasteiger partial charge is 0.340 e. The molecule has 0 saturated carbocycles. The van der Waals surface area contributed by atoms with E-state index in [0.717, 1.165) is 16.3 Å². The van der Waals surface area contributed by atoms with E-state index in [1.807, 2.05) is 24.3 Å². The Morgan fingerprint density at radius 2 is 1.82 bits per heavy atom. The maximum Gasteiger partial charge on any atom is 0.340 e. The molecule has 0 N–H and O–H groups in total. The fraction of sp³-hybridized carbons (Fsp3) is 0.133. The summed E-state index contributed by atoms with van der Waals surface area (Å²) in [5.74, 6) is -0.668. The van der Waals surface area contributed by atoms with Gasteiger partial charge >= 0.3 is 5.97 Å².